The Bertz CT molecular complexity index is 1120. The first-order chi connectivity index (χ1) is 16.6. The Labute approximate surface area is 197 Å². The number of methoxy groups -OCH3 is 1. The minimum atomic E-state index is -0.581. The Morgan fingerprint density at radius 2 is 1.85 bits per heavy atom. The predicted octanol–water partition coefficient (Wildman–Crippen LogP) is 3.77. The summed E-state index contributed by atoms with van der Waals surface area (Å²) in [6.45, 7) is 2.01. The van der Waals surface area contributed by atoms with E-state index in [9.17, 15) is 9.18 Å². The van der Waals surface area contributed by atoms with E-state index in [0.717, 1.165) is 31.6 Å². The molecule has 1 aromatic heterocycles. The number of rotatable bonds is 8. The topological polar surface area (TPSA) is 97.4 Å². The number of aromatic nitrogens is 2. The summed E-state index contributed by atoms with van der Waals surface area (Å²) in [5.41, 5.74) is 2.71. The molecule has 0 bridgehead atoms. The van der Waals surface area contributed by atoms with Crippen LogP contribution in [0, 0.1) is 5.82 Å². The van der Waals surface area contributed by atoms with Crippen molar-refractivity contribution >= 4 is 17.5 Å². The van der Waals surface area contributed by atoms with Gasteiger partial charge < -0.3 is 25.4 Å². The fourth-order valence-electron chi connectivity index (χ4n) is 3.92. The van der Waals surface area contributed by atoms with E-state index in [1.807, 2.05) is 12.1 Å². The summed E-state index contributed by atoms with van der Waals surface area (Å²) in [6.07, 6.45) is 5.33. The van der Waals surface area contributed by atoms with Crippen molar-refractivity contribution < 1.29 is 18.7 Å². The average Bonchev–Trinajstić information content (AvgIpc) is 2.89. The quantitative estimate of drug-likeness (QED) is 0.466. The van der Waals surface area contributed by atoms with E-state index in [-0.39, 0.29) is 29.4 Å². The van der Waals surface area contributed by atoms with Crippen LogP contribution in [0.4, 0.5) is 16.0 Å². The van der Waals surface area contributed by atoms with E-state index in [1.54, 1.807) is 0 Å². The predicted molar refractivity (Wildman–Crippen MR) is 127 cm³/mol. The van der Waals surface area contributed by atoms with Gasteiger partial charge in [-0.1, -0.05) is 12.1 Å². The highest BCUT2D eigenvalue weighted by atomic mass is 19.1. The van der Waals surface area contributed by atoms with Crippen molar-refractivity contribution in [1.82, 2.24) is 20.6 Å². The van der Waals surface area contributed by atoms with E-state index in [4.69, 9.17) is 9.47 Å². The number of hydrogen-bond acceptors (Lipinski definition) is 7. The largest absolute Gasteiger partial charge is 0.494 e. The van der Waals surface area contributed by atoms with Crippen LogP contribution in [0.3, 0.4) is 0 Å². The second-order valence-electron chi connectivity index (χ2n) is 8.03. The fraction of sp³-hybridized carbons (Fsp3) is 0.320. The Morgan fingerprint density at radius 3 is 2.50 bits per heavy atom. The van der Waals surface area contributed by atoms with Crippen LogP contribution in [-0.4, -0.2) is 43.1 Å². The molecular weight excluding hydrogens is 437 g/mol. The summed E-state index contributed by atoms with van der Waals surface area (Å²) < 4.78 is 25.3. The van der Waals surface area contributed by atoms with Gasteiger partial charge in [0.15, 0.2) is 17.3 Å². The van der Waals surface area contributed by atoms with Crippen molar-refractivity contribution in [2.45, 2.75) is 25.4 Å². The first-order valence-corrected chi connectivity index (χ1v) is 11.2. The SMILES string of the molecule is CNC(=O)c1cc(COc2cnc(Nc3ccc(C4CCNCC4)cc3)nc2)c(F)c(OC)c1. The molecule has 0 unspecified atom stereocenters. The van der Waals surface area contributed by atoms with Crippen LogP contribution < -0.4 is 25.4 Å². The second kappa shape index (κ2) is 10.9. The van der Waals surface area contributed by atoms with Crippen molar-refractivity contribution in [2.24, 2.45) is 0 Å². The molecule has 0 radical (unpaired) electrons. The molecule has 8 nitrogen and oxygen atoms in total. The van der Waals surface area contributed by atoms with Crippen LogP contribution in [-0.2, 0) is 6.61 Å². The molecule has 2 heterocycles. The summed E-state index contributed by atoms with van der Waals surface area (Å²) in [5, 5.41) is 9.08. The van der Waals surface area contributed by atoms with Crippen LogP contribution in [0.2, 0.25) is 0 Å². The molecule has 1 aliphatic rings. The number of amides is 1. The van der Waals surface area contributed by atoms with Gasteiger partial charge in [-0.15, -0.1) is 0 Å². The van der Waals surface area contributed by atoms with Crippen molar-refractivity contribution in [1.29, 1.82) is 0 Å². The first kappa shape index (κ1) is 23.4. The fourth-order valence-corrected chi connectivity index (χ4v) is 3.92. The monoisotopic (exact) mass is 465 g/mol. The summed E-state index contributed by atoms with van der Waals surface area (Å²) in [7, 11) is 2.85. The van der Waals surface area contributed by atoms with E-state index in [2.05, 4.69) is 38.1 Å². The Hall–Kier alpha value is -3.72. The lowest BCUT2D eigenvalue weighted by molar-refractivity contribution is 0.0962. The summed E-state index contributed by atoms with van der Waals surface area (Å²) in [6, 6.07) is 11.1. The maximum absolute atomic E-state index is 14.6. The number of ether oxygens (including phenoxy) is 2. The van der Waals surface area contributed by atoms with E-state index in [1.165, 1.54) is 44.2 Å². The van der Waals surface area contributed by atoms with Crippen LogP contribution in [0.15, 0.2) is 48.8 Å². The number of nitrogens with zero attached hydrogens (tertiary/aromatic N) is 2. The van der Waals surface area contributed by atoms with Crippen molar-refractivity contribution in [3.8, 4) is 11.5 Å². The minimum absolute atomic E-state index is 0.0262. The molecule has 9 heteroatoms. The van der Waals surface area contributed by atoms with Gasteiger partial charge in [0.1, 0.15) is 6.61 Å². The number of benzene rings is 2. The van der Waals surface area contributed by atoms with E-state index >= 15 is 0 Å². The van der Waals surface area contributed by atoms with Gasteiger partial charge in [0.05, 0.1) is 19.5 Å². The molecule has 0 atom stereocenters. The van der Waals surface area contributed by atoms with Crippen LogP contribution in [0.5, 0.6) is 11.5 Å². The molecule has 0 spiro atoms. The molecular formula is C25H28FN5O3. The van der Waals surface area contributed by atoms with E-state index in [0.29, 0.717) is 17.6 Å². The molecule has 1 amide bonds. The molecule has 1 fully saturated rings. The van der Waals surface area contributed by atoms with Gasteiger partial charge >= 0.3 is 0 Å². The normalized spacial score (nSPS) is 13.9. The Balaban J connectivity index is 1.37. The highest BCUT2D eigenvalue weighted by Crippen LogP contribution is 2.27. The highest BCUT2D eigenvalue weighted by Gasteiger charge is 2.16. The van der Waals surface area contributed by atoms with Gasteiger partial charge in [-0.2, -0.15) is 0 Å². The number of anilines is 2. The molecule has 3 N–H and O–H groups in total. The third-order valence-corrected chi connectivity index (χ3v) is 5.82. The number of nitrogens with one attached hydrogen (secondary N) is 3. The second-order valence-corrected chi connectivity index (χ2v) is 8.03. The zero-order valence-electron chi connectivity index (χ0n) is 19.2. The van der Waals surface area contributed by atoms with Gasteiger partial charge in [0.25, 0.3) is 5.91 Å². The molecule has 34 heavy (non-hydrogen) atoms. The maximum Gasteiger partial charge on any atom is 0.251 e. The Kier molecular flexibility index (Phi) is 7.54. The van der Waals surface area contributed by atoms with Gasteiger partial charge in [-0.3, -0.25) is 4.79 Å². The number of piperidine rings is 1. The number of hydrogen-bond donors (Lipinski definition) is 3. The number of carbonyl (C=O) groups is 1. The lowest BCUT2D eigenvalue weighted by Gasteiger charge is -2.23. The number of carbonyl (C=O) groups excluding carboxylic acids is 1. The molecule has 0 aliphatic carbocycles. The highest BCUT2D eigenvalue weighted by molar-refractivity contribution is 5.94. The van der Waals surface area contributed by atoms with Crippen molar-refractivity contribution in [3.63, 3.8) is 0 Å². The molecule has 1 saturated heterocycles. The lowest BCUT2D eigenvalue weighted by Crippen LogP contribution is -2.26. The third kappa shape index (κ3) is 5.60. The van der Waals surface area contributed by atoms with Gasteiger partial charge in [0.2, 0.25) is 5.95 Å². The van der Waals surface area contributed by atoms with Crippen molar-refractivity contribution in [3.05, 3.63) is 71.3 Å². The van der Waals surface area contributed by atoms with E-state index < -0.39 is 5.82 Å². The minimum Gasteiger partial charge on any atom is -0.494 e. The van der Waals surface area contributed by atoms with Crippen LogP contribution in [0.25, 0.3) is 0 Å². The van der Waals surface area contributed by atoms with Crippen LogP contribution >= 0.6 is 0 Å². The maximum atomic E-state index is 14.6. The van der Waals surface area contributed by atoms with Gasteiger partial charge in [0, 0.05) is 23.9 Å². The molecule has 2 aromatic carbocycles. The third-order valence-electron chi connectivity index (χ3n) is 5.82. The first-order valence-electron chi connectivity index (χ1n) is 11.2. The summed E-state index contributed by atoms with van der Waals surface area (Å²) in [4.78, 5) is 20.5. The van der Waals surface area contributed by atoms with Gasteiger partial charge in [-0.05, 0) is 61.7 Å². The van der Waals surface area contributed by atoms with Crippen molar-refractivity contribution in [2.75, 3.05) is 32.6 Å². The summed E-state index contributed by atoms with van der Waals surface area (Å²) in [5.74, 6) is 0.447. The lowest BCUT2D eigenvalue weighted by atomic mass is 9.90. The zero-order valence-corrected chi connectivity index (χ0v) is 19.2. The molecule has 178 valence electrons. The molecule has 0 saturated carbocycles. The standard InChI is InChI=1S/C25H28FN5O3/c1-27-24(32)18-11-19(23(26)22(12-18)33-2)15-34-21-13-29-25(30-14-21)31-20-5-3-16(4-6-20)17-7-9-28-10-8-17/h3-6,11-14,17,28H,7-10,15H2,1-2H3,(H,27,32)(H,29,30,31). The summed E-state index contributed by atoms with van der Waals surface area (Å²) >= 11 is 0. The Morgan fingerprint density at radius 1 is 1.15 bits per heavy atom. The number of halogens is 1. The van der Waals surface area contributed by atoms with Gasteiger partial charge in [-0.25, -0.2) is 14.4 Å². The smallest absolute Gasteiger partial charge is 0.251 e. The average molecular weight is 466 g/mol. The molecule has 1 aliphatic heterocycles. The van der Waals surface area contributed by atoms with Crippen LogP contribution in [0.1, 0.15) is 40.2 Å². The zero-order chi connectivity index (χ0) is 23.9. The molecule has 3 aromatic rings. The molecule has 4 rings (SSSR count).